The summed E-state index contributed by atoms with van der Waals surface area (Å²) in [5, 5.41) is 8.08. The van der Waals surface area contributed by atoms with E-state index in [-0.39, 0.29) is 11.7 Å². The number of sulfone groups is 1. The smallest absolute Gasteiger partial charge is 0.255 e. The molecule has 6 nitrogen and oxygen atoms in total. The van der Waals surface area contributed by atoms with Gasteiger partial charge >= 0.3 is 0 Å². The molecule has 0 aromatic carbocycles. The number of aryl methyl sites for hydroxylation is 2. The van der Waals surface area contributed by atoms with Crippen LogP contribution < -0.4 is 5.32 Å². The molecule has 1 amide bonds. The van der Waals surface area contributed by atoms with Gasteiger partial charge in [0, 0.05) is 18.1 Å². The van der Waals surface area contributed by atoms with Crippen molar-refractivity contribution in [2.45, 2.75) is 32.9 Å². The van der Waals surface area contributed by atoms with Crippen LogP contribution in [0.15, 0.2) is 17.7 Å². The van der Waals surface area contributed by atoms with Crippen LogP contribution in [0.5, 0.6) is 0 Å². The maximum Gasteiger partial charge on any atom is 0.255 e. The fourth-order valence-corrected chi connectivity index (χ4v) is 3.23. The maximum atomic E-state index is 12.1. The van der Waals surface area contributed by atoms with Gasteiger partial charge in [-0.2, -0.15) is 5.10 Å². The van der Waals surface area contributed by atoms with Crippen LogP contribution in [0.3, 0.4) is 0 Å². The zero-order valence-corrected chi connectivity index (χ0v) is 11.8. The number of hydrogen-bond donors (Lipinski definition) is 1. The first-order valence-corrected chi connectivity index (χ1v) is 7.88. The van der Waals surface area contributed by atoms with E-state index in [1.54, 1.807) is 17.8 Å². The van der Waals surface area contributed by atoms with Crippen molar-refractivity contribution in [3.63, 3.8) is 0 Å². The second kappa shape index (κ2) is 5.16. The largest absolute Gasteiger partial charge is 0.345 e. The van der Waals surface area contributed by atoms with Crippen LogP contribution in [0.4, 0.5) is 0 Å². The lowest BCUT2D eigenvalue weighted by molar-refractivity contribution is 0.0947. The predicted octanol–water partition coefficient (Wildman–Crippen LogP) is 0.642. The van der Waals surface area contributed by atoms with E-state index in [9.17, 15) is 13.2 Å². The average molecular weight is 283 g/mol. The summed E-state index contributed by atoms with van der Waals surface area (Å²) >= 11 is 0. The normalized spacial score (nSPS) is 20.6. The highest BCUT2D eigenvalue weighted by atomic mass is 32.2. The topological polar surface area (TPSA) is 81.1 Å². The van der Waals surface area contributed by atoms with Crippen molar-refractivity contribution < 1.29 is 13.2 Å². The molecule has 104 valence electrons. The van der Waals surface area contributed by atoms with Crippen molar-refractivity contribution in [3.8, 4) is 0 Å². The van der Waals surface area contributed by atoms with E-state index in [2.05, 4.69) is 10.4 Å². The highest BCUT2D eigenvalue weighted by Crippen LogP contribution is 2.11. The molecule has 1 aliphatic heterocycles. The number of carbonyl (C=O) groups excluding carboxylic acids is 1. The number of nitrogens with zero attached hydrogens (tertiary/aromatic N) is 2. The van der Waals surface area contributed by atoms with Crippen molar-refractivity contribution in [1.29, 1.82) is 0 Å². The van der Waals surface area contributed by atoms with Gasteiger partial charge in [0.1, 0.15) is 0 Å². The zero-order chi connectivity index (χ0) is 14.0. The van der Waals surface area contributed by atoms with E-state index in [4.69, 9.17) is 0 Å². The van der Waals surface area contributed by atoms with Gasteiger partial charge in [0.05, 0.1) is 23.1 Å². The molecule has 1 aliphatic rings. The van der Waals surface area contributed by atoms with Gasteiger partial charge in [0.25, 0.3) is 5.91 Å². The number of amides is 1. The van der Waals surface area contributed by atoms with Crippen LogP contribution in [0.1, 0.15) is 29.4 Å². The summed E-state index contributed by atoms with van der Waals surface area (Å²) in [7, 11) is -3.15. The molecule has 0 aliphatic carbocycles. The minimum absolute atomic E-state index is 0.0686. The highest BCUT2D eigenvalue weighted by molar-refractivity contribution is 7.94. The van der Waals surface area contributed by atoms with Gasteiger partial charge in [-0.15, -0.1) is 0 Å². The molecule has 0 spiro atoms. The molecule has 0 saturated heterocycles. The number of carbonyl (C=O) groups is 1. The summed E-state index contributed by atoms with van der Waals surface area (Å²) in [6.07, 6.45) is 4.13. The first kappa shape index (κ1) is 13.8. The molecule has 1 unspecified atom stereocenters. The van der Waals surface area contributed by atoms with Gasteiger partial charge < -0.3 is 5.32 Å². The molecule has 19 heavy (non-hydrogen) atoms. The Bertz CT molecular complexity index is 616. The Morgan fingerprint density at radius 3 is 2.89 bits per heavy atom. The summed E-state index contributed by atoms with van der Waals surface area (Å²) in [5.41, 5.74) is 1.14. The van der Waals surface area contributed by atoms with Gasteiger partial charge in [0.15, 0.2) is 9.84 Å². The van der Waals surface area contributed by atoms with E-state index >= 15 is 0 Å². The molecule has 1 atom stereocenters. The standard InChI is InChI=1S/C12H17N3O3S/c1-3-5-15-7-11(9(2)14-15)12(16)13-10-4-6-19(17,18)8-10/h4,6-7,10H,3,5,8H2,1-2H3,(H,13,16). The van der Waals surface area contributed by atoms with Gasteiger partial charge in [-0.25, -0.2) is 8.42 Å². The summed E-state index contributed by atoms with van der Waals surface area (Å²) in [4.78, 5) is 12.1. The lowest BCUT2D eigenvalue weighted by Gasteiger charge is -2.08. The van der Waals surface area contributed by atoms with Crippen molar-refractivity contribution in [1.82, 2.24) is 15.1 Å². The van der Waals surface area contributed by atoms with Gasteiger partial charge in [-0.05, 0) is 19.4 Å². The number of rotatable bonds is 4. The minimum Gasteiger partial charge on any atom is -0.345 e. The molecule has 0 fully saturated rings. The Morgan fingerprint density at radius 2 is 2.32 bits per heavy atom. The third-order valence-electron chi connectivity index (χ3n) is 2.89. The molecule has 0 bridgehead atoms. The lowest BCUT2D eigenvalue weighted by atomic mass is 10.2. The molecule has 1 aromatic heterocycles. The summed E-state index contributed by atoms with van der Waals surface area (Å²) in [6, 6.07) is -0.452. The minimum atomic E-state index is -3.15. The Hall–Kier alpha value is -1.63. The monoisotopic (exact) mass is 283 g/mol. The summed E-state index contributed by atoms with van der Waals surface area (Å²) in [6.45, 7) is 4.55. The number of nitrogens with one attached hydrogen (secondary N) is 1. The Kier molecular flexibility index (Phi) is 3.75. The molecule has 1 N–H and O–H groups in total. The molecule has 1 aromatic rings. The van der Waals surface area contributed by atoms with Crippen LogP contribution in [-0.2, 0) is 16.4 Å². The van der Waals surface area contributed by atoms with E-state index in [1.807, 2.05) is 6.92 Å². The molecular formula is C12H17N3O3S. The zero-order valence-electron chi connectivity index (χ0n) is 11.0. The Balaban J connectivity index is 2.06. The van der Waals surface area contributed by atoms with E-state index in [0.717, 1.165) is 18.4 Å². The van der Waals surface area contributed by atoms with Crippen molar-refractivity contribution >= 4 is 15.7 Å². The van der Waals surface area contributed by atoms with Crippen molar-refractivity contribution in [2.75, 3.05) is 5.75 Å². The van der Waals surface area contributed by atoms with Crippen LogP contribution >= 0.6 is 0 Å². The summed E-state index contributed by atoms with van der Waals surface area (Å²) in [5.74, 6) is -0.354. The van der Waals surface area contributed by atoms with Crippen LogP contribution in [0.2, 0.25) is 0 Å². The fourth-order valence-electron chi connectivity index (χ4n) is 2.00. The maximum absolute atomic E-state index is 12.1. The number of aromatic nitrogens is 2. The molecule has 2 rings (SSSR count). The van der Waals surface area contributed by atoms with Crippen LogP contribution in [0, 0.1) is 6.92 Å². The van der Waals surface area contributed by atoms with Crippen LogP contribution in [0.25, 0.3) is 0 Å². The highest BCUT2D eigenvalue weighted by Gasteiger charge is 2.24. The average Bonchev–Trinajstić information content (AvgIpc) is 2.82. The molecule has 0 radical (unpaired) electrons. The molecule has 2 heterocycles. The Labute approximate surface area is 112 Å². The second-order valence-corrected chi connectivity index (χ2v) is 6.56. The van der Waals surface area contributed by atoms with Crippen molar-refractivity contribution in [3.05, 3.63) is 28.9 Å². The first-order chi connectivity index (χ1) is 8.91. The molecule has 0 saturated carbocycles. The lowest BCUT2D eigenvalue weighted by Crippen LogP contribution is -2.35. The van der Waals surface area contributed by atoms with E-state index in [0.29, 0.717) is 11.3 Å². The quantitative estimate of drug-likeness (QED) is 0.879. The number of hydrogen-bond acceptors (Lipinski definition) is 4. The van der Waals surface area contributed by atoms with Gasteiger partial charge in [-0.3, -0.25) is 9.48 Å². The third-order valence-corrected chi connectivity index (χ3v) is 4.29. The molecular weight excluding hydrogens is 266 g/mol. The van der Waals surface area contributed by atoms with Crippen molar-refractivity contribution in [2.24, 2.45) is 0 Å². The SMILES string of the molecule is CCCn1cc(C(=O)NC2C=CS(=O)(=O)C2)c(C)n1. The fraction of sp³-hybridized carbons (Fsp3) is 0.500. The van der Waals surface area contributed by atoms with E-state index in [1.165, 1.54) is 6.08 Å². The van der Waals surface area contributed by atoms with Crippen LogP contribution in [-0.4, -0.2) is 35.9 Å². The van der Waals surface area contributed by atoms with E-state index < -0.39 is 15.9 Å². The van der Waals surface area contributed by atoms with Gasteiger partial charge in [0.2, 0.25) is 0 Å². The predicted molar refractivity (Wildman–Crippen MR) is 71.4 cm³/mol. The second-order valence-electron chi connectivity index (χ2n) is 4.63. The third kappa shape index (κ3) is 3.23. The summed E-state index contributed by atoms with van der Waals surface area (Å²) < 4.78 is 24.2. The van der Waals surface area contributed by atoms with Gasteiger partial charge in [-0.1, -0.05) is 6.92 Å². The molecule has 7 heteroatoms. The first-order valence-electron chi connectivity index (χ1n) is 6.17. The Morgan fingerprint density at radius 1 is 1.58 bits per heavy atom.